The van der Waals surface area contributed by atoms with Crippen molar-refractivity contribution >= 4 is 11.6 Å². The van der Waals surface area contributed by atoms with Gasteiger partial charge in [0.2, 0.25) is 0 Å². The number of hydrogen-bond acceptors (Lipinski definition) is 1. The second kappa shape index (κ2) is 5.35. The van der Waals surface area contributed by atoms with Crippen LogP contribution >= 0.6 is 11.6 Å². The predicted octanol–water partition coefficient (Wildman–Crippen LogP) is 4.61. The molecule has 3 saturated carbocycles. The molecule has 20 heavy (non-hydrogen) atoms. The second-order valence-electron chi connectivity index (χ2n) is 7.26. The summed E-state index contributed by atoms with van der Waals surface area (Å²) in [5.74, 6) is 3.88. The van der Waals surface area contributed by atoms with Crippen molar-refractivity contribution in [2.24, 2.45) is 17.8 Å². The Kier molecular flexibility index (Phi) is 3.52. The molecule has 0 amide bonds. The second-order valence-corrected chi connectivity index (χ2v) is 7.70. The molecule has 1 nitrogen and oxygen atoms in total. The van der Waals surface area contributed by atoms with E-state index < -0.39 is 0 Å². The van der Waals surface area contributed by atoms with E-state index in [9.17, 15) is 0 Å². The average Bonchev–Trinajstić information content (AvgIpc) is 3.01. The van der Waals surface area contributed by atoms with E-state index in [2.05, 4.69) is 17.4 Å². The van der Waals surface area contributed by atoms with Gasteiger partial charge < -0.3 is 5.32 Å². The van der Waals surface area contributed by atoms with Crippen LogP contribution in [-0.2, 0) is 0 Å². The fourth-order valence-electron chi connectivity index (χ4n) is 4.74. The molecule has 1 N–H and O–H groups in total. The Morgan fingerprint density at radius 2 is 1.80 bits per heavy atom. The zero-order chi connectivity index (χ0) is 13.5. The first-order valence-electron chi connectivity index (χ1n) is 8.27. The van der Waals surface area contributed by atoms with Crippen LogP contribution in [-0.4, -0.2) is 12.6 Å². The van der Waals surface area contributed by atoms with Crippen LogP contribution in [0.3, 0.4) is 0 Å². The summed E-state index contributed by atoms with van der Waals surface area (Å²) in [5.41, 5.74) is 1.47. The van der Waals surface area contributed by atoms with Crippen LogP contribution in [0.2, 0.25) is 5.02 Å². The Labute approximate surface area is 127 Å². The van der Waals surface area contributed by atoms with E-state index in [4.69, 9.17) is 11.6 Å². The molecular weight excluding hydrogens is 266 g/mol. The highest BCUT2D eigenvalue weighted by molar-refractivity contribution is 6.30. The molecule has 4 rings (SSSR count). The molecule has 0 aromatic heterocycles. The first kappa shape index (κ1) is 13.2. The summed E-state index contributed by atoms with van der Waals surface area (Å²) in [6.07, 6.45) is 8.68. The van der Waals surface area contributed by atoms with Crippen LogP contribution in [0.25, 0.3) is 0 Å². The highest BCUT2D eigenvalue weighted by atomic mass is 35.5. The van der Waals surface area contributed by atoms with E-state index in [1.165, 1.54) is 50.6 Å². The van der Waals surface area contributed by atoms with Crippen molar-refractivity contribution in [3.8, 4) is 0 Å². The minimum atomic E-state index is 0.754. The standard InChI is InChI=1S/C18H24ClN/c19-17-5-3-13(4-6-17)15-9-18(10-15)20-11-16-8-12-1-2-14(16)7-12/h3-6,12,14-16,18,20H,1-2,7-11H2. The number of rotatable bonds is 4. The monoisotopic (exact) mass is 289 g/mol. The molecule has 1 aromatic rings. The summed E-state index contributed by atoms with van der Waals surface area (Å²) in [6, 6.07) is 9.19. The summed E-state index contributed by atoms with van der Waals surface area (Å²) in [7, 11) is 0. The molecule has 0 heterocycles. The lowest BCUT2D eigenvalue weighted by Crippen LogP contribution is -2.42. The highest BCUT2D eigenvalue weighted by Gasteiger charge is 2.40. The Morgan fingerprint density at radius 1 is 1.00 bits per heavy atom. The molecule has 3 atom stereocenters. The smallest absolute Gasteiger partial charge is 0.0406 e. The minimum Gasteiger partial charge on any atom is -0.314 e. The zero-order valence-electron chi connectivity index (χ0n) is 12.0. The van der Waals surface area contributed by atoms with Crippen LogP contribution in [0, 0.1) is 17.8 Å². The summed E-state index contributed by atoms with van der Waals surface area (Å²) >= 11 is 5.95. The fraction of sp³-hybridized carbons (Fsp3) is 0.667. The van der Waals surface area contributed by atoms with Gasteiger partial charge in [-0.15, -0.1) is 0 Å². The molecule has 3 fully saturated rings. The van der Waals surface area contributed by atoms with Gasteiger partial charge in [0.05, 0.1) is 0 Å². The average molecular weight is 290 g/mol. The van der Waals surface area contributed by atoms with Gasteiger partial charge in [-0.1, -0.05) is 30.2 Å². The number of hydrogen-bond donors (Lipinski definition) is 1. The topological polar surface area (TPSA) is 12.0 Å². The molecule has 0 saturated heterocycles. The summed E-state index contributed by atoms with van der Waals surface area (Å²) < 4.78 is 0. The normalized spacial score (nSPS) is 39.0. The van der Waals surface area contributed by atoms with Crippen LogP contribution in [0.15, 0.2) is 24.3 Å². The predicted molar refractivity (Wildman–Crippen MR) is 84.2 cm³/mol. The molecular formula is C18H24ClN. The third-order valence-electron chi connectivity index (χ3n) is 6.03. The zero-order valence-corrected chi connectivity index (χ0v) is 12.8. The number of nitrogens with one attached hydrogen (secondary N) is 1. The first-order valence-corrected chi connectivity index (χ1v) is 8.64. The van der Waals surface area contributed by atoms with Gasteiger partial charge in [0, 0.05) is 11.1 Å². The first-order chi connectivity index (χ1) is 9.78. The molecule has 0 spiro atoms. The van der Waals surface area contributed by atoms with E-state index in [-0.39, 0.29) is 0 Å². The fourth-order valence-corrected chi connectivity index (χ4v) is 4.86. The molecule has 3 aliphatic rings. The third kappa shape index (κ3) is 2.51. The Morgan fingerprint density at radius 3 is 2.45 bits per heavy atom. The Hall–Kier alpha value is -0.530. The van der Waals surface area contributed by atoms with Gasteiger partial charge >= 0.3 is 0 Å². The van der Waals surface area contributed by atoms with Crippen molar-refractivity contribution in [3.63, 3.8) is 0 Å². The third-order valence-corrected chi connectivity index (χ3v) is 6.28. The summed E-state index contributed by atoms with van der Waals surface area (Å²) in [6.45, 7) is 1.28. The number of fused-ring (bicyclic) bond motifs is 2. The molecule has 3 unspecified atom stereocenters. The van der Waals surface area contributed by atoms with Crippen molar-refractivity contribution in [1.29, 1.82) is 0 Å². The molecule has 0 aliphatic heterocycles. The summed E-state index contributed by atoms with van der Waals surface area (Å²) in [5, 5.41) is 4.68. The minimum absolute atomic E-state index is 0.754. The summed E-state index contributed by atoms with van der Waals surface area (Å²) in [4.78, 5) is 0. The Balaban J connectivity index is 1.22. The lowest BCUT2D eigenvalue weighted by atomic mass is 9.75. The maximum Gasteiger partial charge on any atom is 0.0406 e. The molecule has 0 radical (unpaired) electrons. The van der Waals surface area contributed by atoms with Crippen LogP contribution in [0.1, 0.15) is 50.0 Å². The maximum atomic E-state index is 5.95. The van der Waals surface area contributed by atoms with Crippen LogP contribution in [0.5, 0.6) is 0 Å². The quantitative estimate of drug-likeness (QED) is 0.853. The highest BCUT2D eigenvalue weighted by Crippen LogP contribution is 2.48. The van der Waals surface area contributed by atoms with Gasteiger partial charge in [-0.2, -0.15) is 0 Å². The SMILES string of the molecule is Clc1ccc(C2CC(NCC3CC4CCC3C4)C2)cc1. The van der Waals surface area contributed by atoms with Gasteiger partial charge in [0.25, 0.3) is 0 Å². The molecule has 2 bridgehead atoms. The molecule has 108 valence electrons. The molecule has 2 heteroatoms. The van der Waals surface area contributed by atoms with Crippen molar-refractivity contribution in [1.82, 2.24) is 5.32 Å². The molecule has 1 aromatic carbocycles. The number of benzene rings is 1. The van der Waals surface area contributed by atoms with E-state index in [0.29, 0.717) is 0 Å². The van der Waals surface area contributed by atoms with Crippen molar-refractivity contribution < 1.29 is 0 Å². The van der Waals surface area contributed by atoms with Crippen molar-refractivity contribution in [2.75, 3.05) is 6.54 Å². The van der Waals surface area contributed by atoms with Gasteiger partial charge in [-0.3, -0.25) is 0 Å². The van der Waals surface area contributed by atoms with Gasteiger partial charge in [0.1, 0.15) is 0 Å². The van der Waals surface area contributed by atoms with E-state index in [1.807, 2.05) is 12.1 Å². The Bertz CT molecular complexity index is 463. The van der Waals surface area contributed by atoms with Gasteiger partial charge in [-0.25, -0.2) is 0 Å². The molecule has 3 aliphatic carbocycles. The lowest BCUT2D eigenvalue weighted by molar-refractivity contribution is 0.247. The van der Waals surface area contributed by atoms with Crippen LogP contribution < -0.4 is 5.32 Å². The van der Waals surface area contributed by atoms with E-state index >= 15 is 0 Å². The van der Waals surface area contributed by atoms with Crippen molar-refractivity contribution in [3.05, 3.63) is 34.9 Å². The van der Waals surface area contributed by atoms with Crippen molar-refractivity contribution in [2.45, 2.75) is 50.5 Å². The van der Waals surface area contributed by atoms with Gasteiger partial charge in [0.15, 0.2) is 0 Å². The maximum absolute atomic E-state index is 5.95. The lowest BCUT2D eigenvalue weighted by Gasteiger charge is -2.37. The van der Waals surface area contributed by atoms with Crippen LogP contribution in [0.4, 0.5) is 0 Å². The number of halogens is 1. The van der Waals surface area contributed by atoms with E-state index in [0.717, 1.165) is 34.7 Å². The van der Waals surface area contributed by atoms with Gasteiger partial charge in [-0.05, 0) is 80.0 Å². The largest absolute Gasteiger partial charge is 0.314 e. The van der Waals surface area contributed by atoms with E-state index in [1.54, 1.807) is 0 Å².